The van der Waals surface area contributed by atoms with Crippen molar-refractivity contribution >= 4 is 5.91 Å². The zero-order valence-corrected chi connectivity index (χ0v) is 8.77. The average molecular weight is 211 g/mol. The summed E-state index contributed by atoms with van der Waals surface area (Å²) in [5, 5.41) is 9.10. The van der Waals surface area contributed by atoms with Gasteiger partial charge in [0.05, 0.1) is 11.7 Å². The number of likely N-dealkylation sites (N-methyl/N-ethyl adjacent to an activating group) is 1. The van der Waals surface area contributed by atoms with Gasteiger partial charge in [-0.25, -0.2) is 4.39 Å². The first-order valence-corrected chi connectivity index (χ1v) is 4.70. The number of halogens is 1. The van der Waals surface area contributed by atoms with Gasteiger partial charge in [-0.2, -0.15) is 0 Å². The summed E-state index contributed by atoms with van der Waals surface area (Å²) < 4.78 is 13.2. The van der Waals surface area contributed by atoms with Crippen LogP contribution in [0.15, 0.2) is 24.3 Å². The molecule has 0 saturated carbocycles. The SMILES string of the molecule is CC(O)CN(C)C(=O)c1ccccc1F. The molecule has 1 rings (SSSR count). The summed E-state index contributed by atoms with van der Waals surface area (Å²) in [5.74, 6) is -0.964. The second-order valence-corrected chi connectivity index (χ2v) is 3.51. The van der Waals surface area contributed by atoms with E-state index in [0.717, 1.165) is 0 Å². The van der Waals surface area contributed by atoms with Crippen molar-refractivity contribution in [3.63, 3.8) is 0 Å². The van der Waals surface area contributed by atoms with Gasteiger partial charge in [0.15, 0.2) is 0 Å². The molecule has 3 nitrogen and oxygen atoms in total. The number of carbonyl (C=O) groups is 1. The molecule has 1 amide bonds. The second kappa shape index (κ2) is 4.89. The van der Waals surface area contributed by atoms with Crippen LogP contribution >= 0.6 is 0 Å². The molecule has 0 heterocycles. The normalized spacial score (nSPS) is 12.3. The van der Waals surface area contributed by atoms with Gasteiger partial charge in [-0.1, -0.05) is 12.1 Å². The van der Waals surface area contributed by atoms with Crippen molar-refractivity contribution in [2.75, 3.05) is 13.6 Å². The van der Waals surface area contributed by atoms with E-state index in [1.54, 1.807) is 13.0 Å². The van der Waals surface area contributed by atoms with E-state index in [1.807, 2.05) is 0 Å². The van der Waals surface area contributed by atoms with Crippen LogP contribution in [0.1, 0.15) is 17.3 Å². The molecule has 1 atom stereocenters. The Bertz CT molecular complexity index is 352. The summed E-state index contributed by atoms with van der Waals surface area (Å²) in [6.45, 7) is 1.76. The van der Waals surface area contributed by atoms with Crippen molar-refractivity contribution in [1.29, 1.82) is 0 Å². The molecule has 0 aliphatic carbocycles. The molecule has 1 aromatic carbocycles. The van der Waals surface area contributed by atoms with Gasteiger partial charge in [0.2, 0.25) is 0 Å². The lowest BCUT2D eigenvalue weighted by molar-refractivity contribution is 0.0699. The van der Waals surface area contributed by atoms with Crippen LogP contribution in [0.25, 0.3) is 0 Å². The topological polar surface area (TPSA) is 40.5 Å². The number of rotatable bonds is 3. The Balaban J connectivity index is 2.81. The van der Waals surface area contributed by atoms with Crippen molar-refractivity contribution in [3.8, 4) is 0 Å². The third kappa shape index (κ3) is 3.02. The lowest BCUT2D eigenvalue weighted by Gasteiger charge is -2.18. The fraction of sp³-hybridized carbons (Fsp3) is 0.364. The van der Waals surface area contributed by atoms with E-state index in [9.17, 15) is 9.18 Å². The number of hydrogen-bond donors (Lipinski definition) is 1. The molecule has 0 fully saturated rings. The lowest BCUT2D eigenvalue weighted by Crippen LogP contribution is -2.33. The Morgan fingerprint density at radius 1 is 1.53 bits per heavy atom. The molecule has 0 spiro atoms. The molecule has 1 N–H and O–H groups in total. The minimum absolute atomic E-state index is 0.0284. The quantitative estimate of drug-likeness (QED) is 0.818. The van der Waals surface area contributed by atoms with Crippen molar-refractivity contribution < 1.29 is 14.3 Å². The Morgan fingerprint density at radius 2 is 2.13 bits per heavy atom. The average Bonchev–Trinajstić information content (AvgIpc) is 2.16. The summed E-state index contributed by atoms with van der Waals surface area (Å²) in [6.07, 6.45) is -0.620. The number of carbonyl (C=O) groups excluding carboxylic acids is 1. The summed E-state index contributed by atoms with van der Waals surface area (Å²) in [6, 6.07) is 5.80. The summed E-state index contributed by atoms with van der Waals surface area (Å²) in [5.41, 5.74) is 0.0284. The molecule has 15 heavy (non-hydrogen) atoms. The fourth-order valence-corrected chi connectivity index (χ4v) is 1.32. The zero-order valence-electron chi connectivity index (χ0n) is 8.77. The first-order valence-electron chi connectivity index (χ1n) is 4.70. The number of hydrogen-bond acceptors (Lipinski definition) is 2. The molecule has 0 saturated heterocycles. The van der Waals surface area contributed by atoms with E-state index in [0.29, 0.717) is 0 Å². The number of nitrogens with zero attached hydrogens (tertiary/aromatic N) is 1. The number of aliphatic hydroxyl groups is 1. The molecule has 1 unspecified atom stereocenters. The van der Waals surface area contributed by atoms with Crippen LogP contribution in [0.2, 0.25) is 0 Å². The van der Waals surface area contributed by atoms with Gasteiger partial charge in [0.1, 0.15) is 5.82 Å². The molecule has 4 heteroatoms. The van der Waals surface area contributed by atoms with Crippen LogP contribution in [0.4, 0.5) is 4.39 Å². The smallest absolute Gasteiger partial charge is 0.256 e. The highest BCUT2D eigenvalue weighted by Crippen LogP contribution is 2.09. The van der Waals surface area contributed by atoms with Crippen LogP contribution in [0.3, 0.4) is 0 Å². The summed E-state index contributed by atoms with van der Waals surface area (Å²) >= 11 is 0. The fourth-order valence-electron chi connectivity index (χ4n) is 1.32. The Kier molecular flexibility index (Phi) is 3.80. The third-order valence-corrected chi connectivity index (χ3v) is 1.99. The van der Waals surface area contributed by atoms with Crippen LogP contribution in [-0.2, 0) is 0 Å². The lowest BCUT2D eigenvalue weighted by atomic mass is 10.2. The molecule has 0 radical (unpaired) electrons. The highest BCUT2D eigenvalue weighted by atomic mass is 19.1. The van der Waals surface area contributed by atoms with Gasteiger partial charge in [0.25, 0.3) is 5.91 Å². The minimum atomic E-state index is -0.620. The monoisotopic (exact) mass is 211 g/mol. The number of aliphatic hydroxyl groups excluding tert-OH is 1. The van der Waals surface area contributed by atoms with Gasteiger partial charge in [0, 0.05) is 13.6 Å². The van der Waals surface area contributed by atoms with E-state index in [2.05, 4.69) is 0 Å². The zero-order chi connectivity index (χ0) is 11.4. The molecule has 0 aromatic heterocycles. The molecule has 1 aromatic rings. The highest BCUT2D eigenvalue weighted by Gasteiger charge is 2.16. The van der Waals surface area contributed by atoms with Crippen LogP contribution in [0, 0.1) is 5.82 Å². The van der Waals surface area contributed by atoms with Gasteiger partial charge in [-0.15, -0.1) is 0 Å². The van der Waals surface area contributed by atoms with E-state index >= 15 is 0 Å². The van der Waals surface area contributed by atoms with Crippen LogP contribution in [0.5, 0.6) is 0 Å². The van der Waals surface area contributed by atoms with Crippen molar-refractivity contribution in [1.82, 2.24) is 4.90 Å². The van der Waals surface area contributed by atoms with E-state index < -0.39 is 17.8 Å². The number of benzene rings is 1. The first kappa shape index (κ1) is 11.7. The maximum absolute atomic E-state index is 13.2. The molecular weight excluding hydrogens is 197 g/mol. The molecular formula is C11H14FNO2. The van der Waals surface area contributed by atoms with E-state index in [1.165, 1.54) is 30.1 Å². The van der Waals surface area contributed by atoms with E-state index in [-0.39, 0.29) is 12.1 Å². The van der Waals surface area contributed by atoms with Crippen LogP contribution in [-0.4, -0.2) is 35.6 Å². The van der Waals surface area contributed by atoms with Gasteiger partial charge in [-0.3, -0.25) is 4.79 Å². The van der Waals surface area contributed by atoms with Gasteiger partial charge in [-0.05, 0) is 19.1 Å². The Hall–Kier alpha value is -1.42. The van der Waals surface area contributed by atoms with Crippen molar-refractivity contribution in [3.05, 3.63) is 35.6 Å². The largest absolute Gasteiger partial charge is 0.392 e. The maximum Gasteiger partial charge on any atom is 0.256 e. The standard InChI is InChI=1S/C11H14FNO2/c1-8(14)7-13(2)11(15)9-5-3-4-6-10(9)12/h3-6,8,14H,7H2,1-2H3. The predicted molar refractivity (Wildman–Crippen MR) is 55.0 cm³/mol. The number of amides is 1. The second-order valence-electron chi connectivity index (χ2n) is 3.51. The van der Waals surface area contributed by atoms with Gasteiger partial charge < -0.3 is 10.0 Å². The molecule has 0 aliphatic rings. The predicted octanol–water partition coefficient (Wildman–Crippen LogP) is 1.28. The third-order valence-electron chi connectivity index (χ3n) is 1.99. The molecule has 82 valence electrons. The Labute approximate surface area is 88.1 Å². The summed E-state index contributed by atoms with van der Waals surface area (Å²) in [7, 11) is 1.53. The Morgan fingerprint density at radius 3 is 2.67 bits per heavy atom. The summed E-state index contributed by atoms with van der Waals surface area (Å²) in [4.78, 5) is 13.0. The molecule has 0 aliphatic heterocycles. The minimum Gasteiger partial charge on any atom is -0.392 e. The highest BCUT2D eigenvalue weighted by molar-refractivity contribution is 5.94. The first-order chi connectivity index (χ1) is 7.02. The molecule has 0 bridgehead atoms. The maximum atomic E-state index is 13.2. The van der Waals surface area contributed by atoms with E-state index in [4.69, 9.17) is 5.11 Å². The van der Waals surface area contributed by atoms with Crippen molar-refractivity contribution in [2.24, 2.45) is 0 Å². The van der Waals surface area contributed by atoms with Gasteiger partial charge >= 0.3 is 0 Å². The van der Waals surface area contributed by atoms with Crippen molar-refractivity contribution in [2.45, 2.75) is 13.0 Å². The van der Waals surface area contributed by atoms with Crippen LogP contribution < -0.4 is 0 Å².